The topological polar surface area (TPSA) is 50.4 Å². The van der Waals surface area contributed by atoms with Crippen LogP contribution in [0.5, 0.6) is 0 Å². The molecule has 0 aromatic rings. The van der Waals surface area contributed by atoms with Crippen LogP contribution < -0.4 is 10.6 Å². The number of carbonyl (C=O) groups is 1. The van der Waals surface area contributed by atoms with E-state index < -0.39 is 0 Å². The first-order chi connectivity index (χ1) is 8.31. The molecule has 0 fully saturated rings. The lowest BCUT2D eigenvalue weighted by atomic mass is 10.3. The Labute approximate surface area is 105 Å². The minimum absolute atomic E-state index is 0.0927. The molecule has 0 bridgehead atoms. The zero-order chi connectivity index (χ0) is 12.8. The first kappa shape index (κ1) is 16.4. The standard InChI is InChI=1S/C13H28N2O2/c1-3-5-8-14-10-11-15-9-7-13(16)17-12-6-4-2/h14-15H,3-12H2,1-2H3. The molecule has 0 aliphatic rings. The molecule has 4 heteroatoms. The van der Waals surface area contributed by atoms with E-state index in [1.807, 2.05) is 0 Å². The molecule has 0 saturated heterocycles. The Morgan fingerprint density at radius 3 is 2.24 bits per heavy atom. The summed E-state index contributed by atoms with van der Waals surface area (Å²) in [6.45, 7) is 8.49. The number of rotatable bonds is 12. The molecule has 102 valence electrons. The number of hydrogen-bond acceptors (Lipinski definition) is 4. The van der Waals surface area contributed by atoms with Crippen molar-refractivity contribution in [1.82, 2.24) is 10.6 Å². The van der Waals surface area contributed by atoms with Crippen molar-refractivity contribution in [3.05, 3.63) is 0 Å². The number of nitrogens with one attached hydrogen (secondary N) is 2. The second-order valence-electron chi connectivity index (χ2n) is 4.18. The molecule has 0 aromatic carbocycles. The number of hydrogen-bond donors (Lipinski definition) is 2. The van der Waals surface area contributed by atoms with Crippen LogP contribution in [-0.2, 0) is 9.53 Å². The van der Waals surface area contributed by atoms with Crippen molar-refractivity contribution in [1.29, 1.82) is 0 Å². The highest BCUT2D eigenvalue weighted by atomic mass is 16.5. The van der Waals surface area contributed by atoms with Crippen molar-refractivity contribution in [3.8, 4) is 0 Å². The molecular weight excluding hydrogens is 216 g/mol. The highest BCUT2D eigenvalue weighted by Gasteiger charge is 2.00. The summed E-state index contributed by atoms with van der Waals surface area (Å²) in [4.78, 5) is 11.2. The van der Waals surface area contributed by atoms with Gasteiger partial charge in [0, 0.05) is 19.6 Å². The average Bonchev–Trinajstić information content (AvgIpc) is 2.33. The van der Waals surface area contributed by atoms with Crippen LogP contribution in [0.2, 0.25) is 0 Å². The van der Waals surface area contributed by atoms with E-state index in [1.165, 1.54) is 12.8 Å². The summed E-state index contributed by atoms with van der Waals surface area (Å²) in [5, 5.41) is 6.56. The smallest absolute Gasteiger partial charge is 0.307 e. The van der Waals surface area contributed by atoms with Crippen molar-refractivity contribution in [2.24, 2.45) is 0 Å². The van der Waals surface area contributed by atoms with E-state index in [1.54, 1.807) is 0 Å². The van der Waals surface area contributed by atoms with Gasteiger partial charge in [-0.2, -0.15) is 0 Å². The molecule has 0 atom stereocenters. The average molecular weight is 244 g/mol. The lowest BCUT2D eigenvalue weighted by Gasteiger charge is -2.06. The molecular formula is C13H28N2O2. The fourth-order valence-electron chi connectivity index (χ4n) is 1.32. The molecule has 0 rings (SSSR count). The van der Waals surface area contributed by atoms with Gasteiger partial charge in [-0.3, -0.25) is 4.79 Å². The lowest BCUT2D eigenvalue weighted by Crippen LogP contribution is -2.29. The second-order valence-corrected chi connectivity index (χ2v) is 4.18. The van der Waals surface area contributed by atoms with Crippen LogP contribution >= 0.6 is 0 Å². The molecule has 0 saturated carbocycles. The first-order valence-corrected chi connectivity index (χ1v) is 6.88. The molecule has 0 heterocycles. The van der Waals surface area contributed by atoms with Crippen LogP contribution in [0.25, 0.3) is 0 Å². The molecule has 0 aliphatic carbocycles. The van der Waals surface area contributed by atoms with E-state index >= 15 is 0 Å². The van der Waals surface area contributed by atoms with Gasteiger partial charge >= 0.3 is 5.97 Å². The summed E-state index contributed by atoms with van der Waals surface area (Å²) in [5.41, 5.74) is 0. The van der Waals surface area contributed by atoms with Crippen LogP contribution in [0, 0.1) is 0 Å². The number of unbranched alkanes of at least 4 members (excludes halogenated alkanes) is 2. The van der Waals surface area contributed by atoms with Gasteiger partial charge in [0.25, 0.3) is 0 Å². The van der Waals surface area contributed by atoms with E-state index in [9.17, 15) is 4.79 Å². The van der Waals surface area contributed by atoms with Gasteiger partial charge in [0.15, 0.2) is 0 Å². The van der Waals surface area contributed by atoms with Gasteiger partial charge in [0.2, 0.25) is 0 Å². The highest BCUT2D eigenvalue weighted by Crippen LogP contribution is 1.91. The summed E-state index contributed by atoms with van der Waals surface area (Å²) in [6.07, 6.45) is 4.95. The minimum atomic E-state index is -0.0927. The van der Waals surface area contributed by atoms with Crippen molar-refractivity contribution in [2.45, 2.75) is 46.0 Å². The van der Waals surface area contributed by atoms with E-state index in [0.717, 1.165) is 32.5 Å². The van der Waals surface area contributed by atoms with Crippen LogP contribution in [-0.4, -0.2) is 38.8 Å². The summed E-state index contributed by atoms with van der Waals surface area (Å²) in [7, 11) is 0. The third kappa shape index (κ3) is 13.3. The largest absolute Gasteiger partial charge is 0.466 e. The minimum Gasteiger partial charge on any atom is -0.466 e. The molecule has 0 radical (unpaired) electrons. The molecule has 2 N–H and O–H groups in total. The van der Waals surface area contributed by atoms with Gasteiger partial charge in [-0.05, 0) is 19.4 Å². The Morgan fingerprint density at radius 1 is 0.941 bits per heavy atom. The van der Waals surface area contributed by atoms with E-state index in [4.69, 9.17) is 4.74 Å². The normalized spacial score (nSPS) is 10.5. The zero-order valence-electron chi connectivity index (χ0n) is 11.4. The van der Waals surface area contributed by atoms with Gasteiger partial charge < -0.3 is 15.4 Å². The summed E-state index contributed by atoms with van der Waals surface area (Å²) in [5.74, 6) is -0.0927. The van der Waals surface area contributed by atoms with E-state index in [-0.39, 0.29) is 5.97 Å². The molecule has 0 aromatic heterocycles. The van der Waals surface area contributed by atoms with Crippen molar-refractivity contribution in [2.75, 3.05) is 32.8 Å². The predicted molar refractivity (Wildman–Crippen MR) is 71.1 cm³/mol. The molecule has 0 unspecified atom stereocenters. The summed E-state index contributed by atoms with van der Waals surface area (Å²) >= 11 is 0. The molecule has 0 aliphatic heterocycles. The van der Waals surface area contributed by atoms with Crippen LogP contribution in [0.1, 0.15) is 46.0 Å². The van der Waals surface area contributed by atoms with Gasteiger partial charge in [0.1, 0.15) is 0 Å². The quantitative estimate of drug-likeness (QED) is 0.405. The van der Waals surface area contributed by atoms with E-state index in [2.05, 4.69) is 24.5 Å². The molecule has 0 amide bonds. The maximum Gasteiger partial charge on any atom is 0.307 e. The summed E-state index contributed by atoms with van der Waals surface area (Å²) < 4.78 is 5.05. The van der Waals surface area contributed by atoms with Gasteiger partial charge in [0.05, 0.1) is 13.0 Å². The number of ether oxygens (including phenoxy) is 1. The first-order valence-electron chi connectivity index (χ1n) is 6.88. The van der Waals surface area contributed by atoms with Crippen LogP contribution in [0.3, 0.4) is 0 Å². The molecule has 4 nitrogen and oxygen atoms in total. The Morgan fingerprint density at radius 2 is 1.59 bits per heavy atom. The van der Waals surface area contributed by atoms with Gasteiger partial charge in [-0.15, -0.1) is 0 Å². The highest BCUT2D eigenvalue weighted by molar-refractivity contribution is 5.69. The van der Waals surface area contributed by atoms with Crippen molar-refractivity contribution < 1.29 is 9.53 Å². The van der Waals surface area contributed by atoms with Crippen molar-refractivity contribution in [3.63, 3.8) is 0 Å². The van der Waals surface area contributed by atoms with Gasteiger partial charge in [-0.25, -0.2) is 0 Å². The Kier molecular flexibility index (Phi) is 13.0. The third-order valence-electron chi connectivity index (χ3n) is 2.45. The van der Waals surface area contributed by atoms with E-state index in [0.29, 0.717) is 19.6 Å². The molecule has 17 heavy (non-hydrogen) atoms. The fraction of sp³-hybridized carbons (Fsp3) is 0.923. The Hall–Kier alpha value is -0.610. The Balaban J connectivity index is 3.08. The molecule has 0 spiro atoms. The maximum absolute atomic E-state index is 11.2. The van der Waals surface area contributed by atoms with Crippen LogP contribution in [0.4, 0.5) is 0 Å². The van der Waals surface area contributed by atoms with Crippen molar-refractivity contribution >= 4 is 5.97 Å². The van der Waals surface area contributed by atoms with Gasteiger partial charge in [-0.1, -0.05) is 26.7 Å². The summed E-state index contributed by atoms with van der Waals surface area (Å²) in [6, 6.07) is 0. The zero-order valence-corrected chi connectivity index (χ0v) is 11.4. The predicted octanol–water partition coefficient (Wildman–Crippen LogP) is 1.70. The maximum atomic E-state index is 11.2. The number of esters is 1. The fourth-order valence-corrected chi connectivity index (χ4v) is 1.32. The third-order valence-corrected chi connectivity index (χ3v) is 2.45. The second kappa shape index (κ2) is 13.5. The lowest BCUT2D eigenvalue weighted by molar-refractivity contribution is -0.143. The number of carbonyl (C=O) groups excluding carboxylic acids is 1. The SMILES string of the molecule is CCCCNCCNCCC(=O)OCCCC. The van der Waals surface area contributed by atoms with Crippen LogP contribution in [0.15, 0.2) is 0 Å². The monoisotopic (exact) mass is 244 g/mol. The Bertz CT molecular complexity index is 175.